The van der Waals surface area contributed by atoms with Gasteiger partial charge >= 0.3 is 0 Å². The molecule has 0 spiro atoms. The summed E-state index contributed by atoms with van der Waals surface area (Å²) in [7, 11) is 1.64. The van der Waals surface area contributed by atoms with Gasteiger partial charge in [-0.3, -0.25) is 4.79 Å². The molecule has 0 unspecified atom stereocenters. The van der Waals surface area contributed by atoms with Crippen molar-refractivity contribution in [1.29, 1.82) is 0 Å². The first kappa shape index (κ1) is 24.2. The van der Waals surface area contributed by atoms with E-state index in [9.17, 15) is 9.18 Å². The maximum absolute atomic E-state index is 13.7. The third-order valence-corrected chi connectivity index (χ3v) is 6.96. The number of amides is 1. The summed E-state index contributed by atoms with van der Waals surface area (Å²) >= 11 is 12.4. The smallest absolute Gasteiger partial charge is 0.272 e. The average Bonchev–Trinajstić information content (AvgIpc) is 3.36. The van der Waals surface area contributed by atoms with E-state index in [1.165, 1.54) is 12.1 Å². The van der Waals surface area contributed by atoms with Gasteiger partial charge in [-0.1, -0.05) is 23.2 Å². The Bertz CT molecular complexity index is 1380. The third kappa shape index (κ3) is 4.90. The summed E-state index contributed by atoms with van der Waals surface area (Å²) < 4.78 is 20.3. The highest BCUT2D eigenvalue weighted by molar-refractivity contribution is 6.42. The van der Waals surface area contributed by atoms with Gasteiger partial charge in [-0.25, -0.2) is 9.07 Å². The van der Waals surface area contributed by atoms with Crippen molar-refractivity contribution < 1.29 is 13.9 Å². The molecule has 1 aliphatic heterocycles. The van der Waals surface area contributed by atoms with Crippen LogP contribution in [0.4, 0.5) is 10.1 Å². The SMILES string of the molecule is COc1ccc(N2CCN(C(=O)c3cc(-c4ccc(F)cc4)nn3-c3ccc(Cl)c(Cl)c3)CC2)cc1. The van der Waals surface area contributed by atoms with E-state index in [4.69, 9.17) is 27.9 Å². The second-order valence-electron chi connectivity index (χ2n) is 8.41. The lowest BCUT2D eigenvalue weighted by Crippen LogP contribution is -2.49. The zero-order chi connectivity index (χ0) is 25.2. The van der Waals surface area contributed by atoms with Crippen LogP contribution >= 0.6 is 23.2 Å². The van der Waals surface area contributed by atoms with Gasteiger partial charge in [0.1, 0.15) is 17.3 Å². The van der Waals surface area contributed by atoms with Gasteiger partial charge in [0.25, 0.3) is 5.91 Å². The monoisotopic (exact) mass is 524 g/mol. The van der Waals surface area contributed by atoms with E-state index in [-0.39, 0.29) is 11.7 Å². The Balaban J connectivity index is 1.42. The number of ether oxygens (including phenoxy) is 1. The number of halogens is 3. The molecule has 0 aliphatic carbocycles. The van der Waals surface area contributed by atoms with E-state index in [2.05, 4.69) is 10.00 Å². The van der Waals surface area contributed by atoms with Crippen LogP contribution < -0.4 is 9.64 Å². The Kier molecular flexibility index (Phi) is 6.85. The Morgan fingerprint density at radius 1 is 0.861 bits per heavy atom. The standard InChI is InChI=1S/C27H23Cl2FN4O2/c1-36-22-9-6-20(7-10-22)32-12-14-33(15-13-32)27(35)26-17-25(18-2-4-19(30)5-3-18)31-34(26)21-8-11-23(28)24(29)16-21/h2-11,16-17H,12-15H2,1H3. The van der Waals surface area contributed by atoms with Crippen LogP contribution in [-0.2, 0) is 0 Å². The molecule has 0 bridgehead atoms. The first-order valence-corrected chi connectivity index (χ1v) is 12.2. The molecule has 1 aliphatic rings. The second-order valence-corrected chi connectivity index (χ2v) is 9.22. The zero-order valence-electron chi connectivity index (χ0n) is 19.5. The molecule has 6 nitrogen and oxygen atoms in total. The normalized spacial score (nSPS) is 13.7. The van der Waals surface area contributed by atoms with Gasteiger partial charge in [-0.2, -0.15) is 5.10 Å². The fourth-order valence-electron chi connectivity index (χ4n) is 4.23. The molecule has 1 saturated heterocycles. The molecule has 4 aromatic rings. The van der Waals surface area contributed by atoms with E-state index in [0.29, 0.717) is 58.9 Å². The molecule has 0 N–H and O–H groups in total. The Morgan fingerprint density at radius 2 is 1.53 bits per heavy atom. The lowest BCUT2D eigenvalue weighted by Gasteiger charge is -2.36. The van der Waals surface area contributed by atoms with Crippen LogP contribution in [0.5, 0.6) is 5.75 Å². The van der Waals surface area contributed by atoms with E-state index in [1.54, 1.807) is 48.2 Å². The summed E-state index contributed by atoms with van der Waals surface area (Å²) in [5.74, 6) is 0.324. The van der Waals surface area contributed by atoms with Gasteiger partial charge in [-0.15, -0.1) is 0 Å². The van der Waals surface area contributed by atoms with Gasteiger partial charge in [0.05, 0.1) is 28.5 Å². The van der Waals surface area contributed by atoms with E-state index in [1.807, 2.05) is 29.2 Å². The van der Waals surface area contributed by atoms with Crippen LogP contribution in [-0.4, -0.2) is 53.9 Å². The van der Waals surface area contributed by atoms with Gasteiger partial charge in [0.15, 0.2) is 0 Å². The van der Waals surface area contributed by atoms with Gasteiger partial charge in [0, 0.05) is 37.4 Å². The van der Waals surface area contributed by atoms with Crippen molar-refractivity contribution in [3.8, 4) is 22.7 Å². The number of carbonyl (C=O) groups excluding carboxylic acids is 1. The fourth-order valence-corrected chi connectivity index (χ4v) is 4.52. The minimum atomic E-state index is -0.339. The Labute approximate surface area is 218 Å². The average molecular weight is 525 g/mol. The lowest BCUT2D eigenvalue weighted by atomic mass is 10.1. The van der Waals surface area contributed by atoms with Crippen molar-refractivity contribution in [2.24, 2.45) is 0 Å². The van der Waals surface area contributed by atoms with Crippen molar-refractivity contribution in [3.63, 3.8) is 0 Å². The maximum Gasteiger partial charge on any atom is 0.272 e. The van der Waals surface area contributed by atoms with Crippen LogP contribution in [0.3, 0.4) is 0 Å². The lowest BCUT2D eigenvalue weighted by molar-refractivity contribution is 0.0737. The van der Waals surface area contributed by atoms with E-state index >= 15 is 0 Å². The summed E-state index contributed by atoms with van der Waals surface area (Å²) in [5.41, 5.74) is 3.35. The van der Waals surface area contributed by atoms with Crippen molar-refractivity contribution in [3.05, 3.63) is 94.4 Å². The zero-order valence-corrected chi connectivity index (χ0v) is 21.0. The summed E-state index contributed by atoms with van der Waals surface area (Å²) in [6.07, 6.45) is 0. The summed E-state index contributed by atoms with van der Waals surface area (Å²) in [5, 5.41) is 5.44. The molecule has 1 amide bonds. The first-order valence-electron chi connectivity index (χ1n) is 11.4. The molecular weight excluding hydrogens is 502 g/mol. The molecule has 1 fully saturated rings. The van der Waals surface area contributed by atoms with Crippen LogP contribution in [0, 0.1) is 5.82 Å². The number of hydrogen-bond donors (Lipinski definition) is 0. The van der Waals surface area contributed by atoms with Crippen LogP contribution in [0.2, 0.25) is 10.0 Å². The predicted octanol–water partition coefficient (Wildman–Crippen LogP) is 5.96. The topological polar surface area (TPSA) is 50.6 Å². The molecule has 2 heterocycles. The second kappa shape index (κ2) is 10.2. The molecule has 0 radical (unpaired) electrons. The number of hydrogen-bond acceptors (Lipinski definition) is 4. The molecule has 3 aromatic carbocycles. The number of aromatic nitrogens is 2. The van der Waals surface area contributed by atoms with Crippen LogP contribution in [0.1, 0.15) is 10.5 Å². The number of rotatable bonds is 5. The van der Waals surface area contributed by atoms with Gasteiger partial charge in [0.2, 0.25) is 0 Å². The third-order valence-electron chi connectivity index (χ3n) is 6.22. The van der Waals surface area contributed by atoms with Crippen molar-refractivity contribution >= 4 is 34.8 Å². The minimum absolute atomic E-state index is 0.142. The Hall–Kier alpha value is -3.55. The number of carbonyl (C=O) groups is 1. The molecule has 36 heavy (non-hydrogen) atoms. The largest absolute Gasteiger partial charge is 0.497 e. The number of methoxy groups -OCH3 is 1. The van der Waals surface area contributed by atoms with Crippen LogP contribution in [0.15, 0.2) is 72.8 Å². The molecule has 9 heteroatoms. The highest BCUT2D eigenvalue weighted by Crippen LogP contribution is 2.28. The van der Waals surface area contributed by atoms with Crippen molar-refractivity contribution in [2.75, 3.05) is 38.2 Å². The first-order chi connectivity index (χ1) is 17.4. The summed E-state index contributed by atoms with van der Waals surface area (Å²) in [6, 6.07) is 20.7. The quantitative estimate of drug-likeness (QED) is 0.323. The molecule has 0 atom stereocenters. The number of benzene rings is 3. The van der Waals surface area contributed by atoms with Crippen molar-refractivity contribution in [2.45, 2.75) is 0 Å². The fraction of sp³-hybridized carbons (Fsp3) is 0.185. The number of nitrogens with zero attached hydrogens (tertiary/aromatic N) is 4. The predicted molar refractivity (Wildman–Crippen MR) is 140 cm³/mol. The van der Waals surface area contributed by atoms with E-state index in [0.717, 1.165) is 11.4 Å². The summed E-state index contributed by atoms with van der Waals surface area (Å²) in [4.78, 5) is 17.7. The highest BCUT2D eigenvalue weighted by Gasteiger charge is 2.26. The maximum atomic E-state index is 13.7. The molecule has 0 saturated carbocycles. The van der Waals surface area contributed by atoms with Gasteiger partial charge < -0.3 is 14.5 Å². The number of anilines is 1. The van der Waals surface area contributed by atoms with Crippen LogP contribution in [0.25, 0.3) is 16.9 Å². The summed E-state index contributed by atoms with van der Waals surface area (Å²) in [6.45, 7) is 2.51. The molecular formula is C27H23Cl2FN4O2. The molecule has 5 rings (SSSR count). The molecule has 184 valence electrons. The van der Waals surface area contributed by atoms with E-state index < -0.39 is 0 Å². The highest BCUT2D eigenvalue weighted by atomic mass is 35.5. The number of piperazine rings is 1. The molecule has 1 aromatic heterocycles. The minimum Gasteiger partial charge on any atom is -0.497 e. The van der Waals surface area contributed by atoms with Crippen molar-refractivity contribution in [1.82, 2.24) is 14.7 Å². The Morgan fingerprint density at radius 3 is 2.17 bits per heavy atom. The van der Waals surface area contributed by atoms with Gasteiger partial charge in [-0.05, 0) is 72.8 Å².